The van der Waals surface area contributed by atoms with Crippen molar-refractivity contribution >= 4 is 46.3 Å². The number of benzene rings is 1. The summed E-state index contributed by atoms with van der Waals surface area (Å²) in [6.07, 6.45) is 3.37. The summed E-state index contributed by atoms with van der Waals surface area (Å²) >= 11 is 6.27. The van der Waals surface area contributed by atoms with Crippen molar-refractivity contribution in [3.05, 3.63) is 51.9 Å². The van der Waals surface area contributed by atoms with E-state index in [0.29, 0.717) is 41.4 Å². The number of aromatic nitrogens is 3. The van der Waals surface area contributed by atoms with Gasteiger partial charge >= 0.3 is 0 Å². The number of fused-ring (bicyclic) bond motifs is 1. The fourth-order valence-electron chi connectivity index (χ4n) is 4.00. The third-order valence-electron chi connectivity index (χ3n) is 5.69. The number of nitrogens with zero attached hydrogens (tertiary/aromatic N) is 4. The molecule has 9 nitrogen and oxygen atoms in total. The molecular weight excluding hydrogens is 432 g/mol. The molecule has 166 valence electrons. The molecule has 3 amide bonds. The minimum atomic E-state index is -0.590. The molecule has 0 spiro atoms. The molecule has 4 rings (SSSR count). The number of primary amides is 1. The number of hydrogen-bond donors (Lipinski definition) is 2. The van der Waals surface area contributed by atoms with E-state index in [1.54, 1.807) is 27.6 Å². The highest BCUT2D eigenvalue weighted by Gasteiger charge is 2.23. The molecule has 0 saturated carbocycles. The lowest BCUT2D eigenvalue weighted by Gasteiger charge is -2.18. The number of halogens is 1. The minimum Gasteiger partial charge on any atom is -0.365 e. The fraction of sp³-hybridized carbons (Fsp3) is 0.318. The molecule has 0 atom stereocenters. The van der Waals surface area contributed by atoms with Crippen LogP contribution in [0.15, 0.2) is 24.4 Å². The van der Waals surface area contributed by atoms with Crippen molar-refractivity contribution in [2.45, 2.75) is 39.5 Å². The highest BCUT2D eigenvalue weighted by molar-refractivity contribution is 6.33. The highest BCUT2D eigenvalue weighted by atomic mass is 35.5. The standard InChI is InChI=1S/C22H23ClN6O3/c1-12-15(13(2)29-22(26-12)16(11-25-29)21(24)32)6-8-19(30)27-18-10-14(5-7-17(18)23)28-9-3-4-20(28)31/h5,7,10-11H,3-4,6,8-9H2,1-2H3,(H2,24,32)(H,27,30). The quantitative estimate of drug-likeness (QED) is 0.592. The van der Waals surface area contributed by atoms with Gasteiger partial charge in [-0.15, -0.1) is 0 Å². The van der Waals surface area contributed by atoms with E-state index in [2.05, 4.69) is 15.4 Å². The van der Waals surface area contributed by atoms with Gasteiger partial charge in [0.25, 0.3) is 5.91 Å². The molecule has 3 N–H and O–H groups in total. The van der Waals surface area contributed by atoms with E-state index in [9.17, 15) is 14.4 Å². The molecule has 0 radical (unpaired) electrons. The van der Waals surface area contributed by atoms with Crippen molar-refractivity contribution in [2.24, 2.45) is 5.73 Å². The topological polar surface area (TPSA) is 123 Å². The van der Waals surface area contributed by atoms with Crippen LogP contribution < -0.4 is 16.0 Å². The second-order valence-electron chi connectivity index (χ2n) is 7.78. The summed E-state index contributed by atoms with van der Waals surface area (Å²) in [7, 11) is 0. The normalized spacial score (nSPS) is 13.7. The van der Waals surface area contributed by atoms with Gasteiger partial charge in [0, 0.05) is 36.5 Å². The Morgan fingerprint density at radius 2 is 2.06 bits per heavy atom. The molecule has 1 aliphatic rings. The van der Waals surface area contributed by atoms with Crippen LogP contribution in [0.4, 0.5) is 11.4 Å². The molecule has 0 bridgehead atoms. The smallest absolute Gasteiger partial charge is 0.254 e. The first-order valence-electron chi connectivity index (χ1n) is 10.3. The van der Waals surface area contributed by atoms with Crippen molar-refractivity contribution in [1.29, 1.82) is 0 Å². The molecule has 1 saturated heterocycles. The second kappa shape index (κ2) is 8.58. The molecule has 1 aliphatic heterocycles. The van der Waals surface area contributed by atoms with Crippen LogP contribution in [-0.2, 0) is 16.0 Å². The monoisotopic (exact) mass is 454 g/mol. The molecule has 0 aliphatic carbocycles. The summed E-state index contributed by atoms with van der Waals surface area (Å²) in [5.74, 6) is -0.737. The van der Waals surface area contributed by atoms with E-state index in [4.69, 9.17) is 17.3 Å². The van der Waals surface area contributed by atoms with Gasteiger partial charge in [-0.1, -0.05) is 11.6 Å². The molecule has 32 heavy (non-hydrogen) atoms. The van der Waals surface area contributed by atoms with Crippen LogP contribution in [0.3, 0.4) is 0 Å². The summed E-state index contributed by atoms with van der Waals surface area (Å²) in [6.45, 7) is 4.35. The summed E-state index contributed by atoms with van der Waals surface area (Å²) < 4.78 is 1.56. The Balaban J connectivity index is 1.49. The van der Waals surface area contributed by atoms with E-state index < -0.39 is 5.91 Å². The first kappa shape index (κ1) is 21.8. The second-order valence-corrected chi connectivity index (χ2v) is 8.19. The lowest BCUT2D eigenvalue weighted by Crippen LogP contribution is -2.24. The lowest BCUT2D eigenvalue weighted by atomic mass is 10.1. The molecule has 3 heterocycles. The first-order valence-corrected chi connectivity index (χ1v) is 10.7. The third-order valence-corrected chi connectivity index (χ3v) is 6.01. The molecule has 10 heteroatoms. The number of carbonyl (C=O) groups is 3. The maximum absolute atomic E-state index is 12.7. The molecular formula is C22H23ClN6O3. The van der Waals surface area contributed by atoms with Gasteiger partial charge in [-0.2, -0.15) is 5.10 Å². The first-order chi connectivity index (χ1) is 15.3. The Bertz CT molecular complexity index is 1250. The predicted molar refractivity (Wildman–Crippen MR) is 121 cm³/mol. The Hall–Kier alpha value is -3.46. The van der Waals surface area contributed by atoms with Gasteiger partial charge in [0.15, 0.2) is 5.65 Å². The Kier molecular flexibility index (Phi) is 5.84. The van der Waals surface area contributed by atoms with Crippen molar-refractivity contribution in [1.82, 2.24) is 14.6 Å². The molecule has 1 fully saturated rings. The Labute approximate surface area is 189 Å². The van der Waals surface area contributed by atoms with Crippen molar-refractivity contribution < 1.29 is 14.4 Å². The molecule has 1 aromatic carbocycles. The van der Waals surface area contributed by atoms with Crippen LogP contribution in [-0.4, -0.2) is 38.9 Å². The van der Waals surface area contributed by atoms with Gasteiger partial charge in [0.1, 0.15) is 5.56 Å². The molecule has 3 aromatic rings. The Morgan fingerprint density at radius 3 is 2.75 bits per heavy atom. The van der Waals surface area contributed by atoms with Crippen molar-refractivity contribution in [2.75, 3.05) is 16.8 Å². The van der Waals surface area contributed by atoms with Gasteiger partial charge in [-0.3, -0.25) is 14.4 Å². The van der Waals surface area contributed by atoms with E-state index in [1.165, 1.54) is 6.20 Å². The zero-order valence-electron chi connectivity index (χ0n) is 17.8. The summed E-state index contributed by atoms with van der Waals surface area (Å²) in [4.78, 5) is 42.4. The van der Waals surface area contributed by atoms with Crippen LogP contribution in [0.1, 0.15) is 46.6 Å². The van der Waals surface area contributed by atoms with Gasteiger partial charge in [-0.25, -0.2) is 9.50 Å². The summed E-state index contributed by atoms with van der Waals surface area (Å²) in [5.41, 5.74) is 9.60. The molecule has 2 aromatic heterocycles. The van der Waals surface area contributed by atoms with Crippen LogP contribution in [0.5, 0.6) is 0 Å². The van der Waals surface area contributed by atoms with Crippen molar-refractivity contribution in [3.63, 3.8) is 0 Å². The van der Waals surface area contributed by atoms with Gasteiger partial charge in [-0.05, 0) is 50.5 Å². The number of nitrogens with two attached hydrogens (primary N) is 1. The molecule has 0 unspecified atom stereocenters. The largest absolute Gasteiger partial charge is 0.365 e. The number of carbonyl (C=O) groups excluding carboxylic acids is 3. The Morgan fingerprint density at radius 1 is 1.28 bits per heavy atom. The van der Waals surface area contributed by atoms with E-state index in [0.717, 1.165) is 23.4 Å². The van der Waals surface area contributed by atoms with E-state index in [-0.39, 0.29) is 23.8 Å². The average molecular weight is 455 g/mol. The summed E-state index contributed by atoms with van der Waals surface area (Å²) in [6, 6.07) is 5.18. The van der Waals surface area contributed by atoms with E-state index >= 15 is 0 Å². The van der Waals surface area contributed by atoms with Crippen LogP contribution >= 0.6 is 11.6 Å². The zero-order valence-corrected chi connectivity index (χ0v) is 18.6. The van der Waals surface area contributed by atoms with Crippen molar-refractivity contribution in [3.8, 4) is 0 Å². The predicted octanol–water partition coefficient (Wildman–Crippen LogP) is 2.80. The third kappa shape index (κ3) is 4.03. The van der Waals surface area contributed by atoms with Crippen LogP contribution in [0.2, 0.25) is 5.02 Å². The number of nitrogens with one attached hydrogen (secondary N) is 1. The number of aryl methyl sites for hydroxylation is 2. The van der Waals surface area contributed by atoms with Gasteiger partial charge in [0.05, 0.1) is 16.9 Å². The SMILES string of the molecule is Cc1nc2c(C(N)=O)cnn2c(C)c1CCC(=O)Nc1cc(N2CCCC2=O)ccc1Cl. The zero-order chi connectivity index (χ0) is 23.0. The number of anilines is 2. The fourth-order valence-corrected chi connectivity index (χ4v) is 4.16. The maximum atomic E-state index is 12.7. The summed E-state index contributed by atoms with van der Waals surface area (Å²) in [5, 5.41) is 7.45. The van der Waals surface area contributed by atoms with Crippen LogP contribution in [0, 0.1) is 13.8 Å². The van der Waals surface area contributed by atoms with Gasteiger partial charge in [0.2, 0.25) is 11.8 Å². The number of hydrogen-bond acceptors (Lipinski definition) is 5. The maximum Gasteiger partial charge on any atom is 0.254 e. The van der Waals surface area contributed by atoms with Gasteiger partial charge < -0.3 is 16.0 Å². The minimum absolute atomic E-state index is 0.0663. The lowest BCUT2D eigenvalue weighted by molar-refractivity contribution is -0.117. The average Bonchev–Trinajstić information content (AvgIpc) is 3.36. The van der Waals surface area contributed by atoms with E-state index in [1.807, 2.05) is 13.8 Å². The highest BCUT2D eigenvalue weighted by Crippen LogP contribution is 2.30. The van der Waals surface area contributed by atoms with Crippen LogP contribution in [0.25, 0.3) is 5.65 Å². The number of amides is 3. The number of rotatable bonds is 6.